The third-order valence-electron chi connectivity index (χ3n) is 5.08. The lowest BCUT2D eigenvalue weighted by Crippen LogP contribution is -2.57. The molecule has 32 heavy (non-hydrogen) atoms. The summed E-state index contributed by atoms with van der Waals surface area (Å²) in [5, 5.41) is -0.664. The molecular weight excluding hydrogens is 459 g/mol. The first-order valence-corrected chi connectivity index (χ1v) is 12.8. The first-order valence-electron chi connectivity index (χ1n) is 9.56. The topological polar surface area (TPSA) is 114 Å². The Bertz CT molecular complexity index is 1330. The fourth-order valence-electron chi connectivity index (χ4n) is 3.28. The van der Waals surface area contributed by atoms with E-state index in [9.17, 15) is 26.0 Å². The van der Waals surface area contributed by atoms with Crippen molar-refractivity contribution in [3.8, 4) is 0 Å². The third kappa shape index (κ3) is 4.53. The number of carbonyl (C=O) groups excluding carboxylic acids is 1. The van der Waals surface area contributed by atoms with Crippen LogP contribution in [0, 0.1) is 5.82 Å². The van der Waals surface area contributed by atoms with Crippen molar-refractivity contribution in [2.45, 2.75) is 15.9 Å². The average molecular weight is 479 g/mol. The SMILES string of the molecule is O=C(c1ccc(NS(=O)(=O)c2ccccc2F)cc1)N1CC(S(=O)(=O)Cc2ccco2)C1. The van der Waals surface area contributed by atoms with Crippen LogP contribution in [0.15, 0.2) is 76.2 Å². The number of anilines is 1. The van der Waals surface area contributed by atoms with Gasteiger partial charge in [-0.2, -0.15) is 0 Å². The standard InChI is InChI=1S/C21H19FN2O6S2/c22-19-5-1-2-6-20(19)32(28,29)23-16-9-7-15(8-10-16)21(25)24-12-18(13-24)31(26,27)14-17-4-3-11-30-17/h1-11,18,23H,12-14H2. The molecule has 1 fully saturated rings. The number of rotatable bonds is 7. The average Bonchev–Trinajstić information content (AvgIpc) is 3.19. The van der Waals surface area contributed by atoms with E-state index in [2.05, 4.69) is 4.72 Å². The van der Waals surface area contributed by atoms with Crippen LogP contribution in [0.2, 0.25) is 0 Å². The van der Waals surface area contributed by atoms with E-state index in [1.807, 2.05) is 0 Å². The van der Waals surface area contributed by atoms with Crippen molar-refractivity contribution in [1.82, 2.24) is 4.90 Å². The molecule has 0 bridgehead atoms. The lowest BCUT2D eigenvalue weighted by molar-refractivity contribution is 0.0659. The van der Waals surface area contributed by atoms with Gasteiger partial charge in [-0.1, -0.05) is 12.1 Å². The fraction of sp³-hybridized carbons (Fsp3) is 0.190. The van der Waals surface area contributed by atoms with Crippen molar-refractivity contribution in [2.75, 3.05) is 17.8 Å². The van der Waals surface area contributed by atoms with Crippen molar-refractivity contribution in [3.05, 3.63) is 84.1 Å². The molecule has 1 aliphatic heterocycles. The predicted octanol–water partition coefficient (Wildman–Crippen LogP) is 2.66. The summed E-state index contributed by atoms with van der Waals surface area (Å²) in [5.41, 5.74) is 0.438. The van der Waals surface area contributed by atoms with Crippen molar-refractivity contribution < 1.29 is 30.4 Å². The van der Waals surface area contributed by atoms with Crippen LogP contribution in [0.3, 0.4) is 0 Å². The molecule has 11 heteroatoms. The molecule has 0 saturated carbocycles. The largest absolute Gasteiger partial charge is 0.468 e. The summed E-state index contributed by atoms with van der Waals surface area (Å²) in [6.45, 7) is 0.146. The van der Waals surface area contributed by atoms with E-state index in [1.54, 1.807) is 12.1 Å². The molecule has 1 aromatic heterocycles. The van der Waals surface area contributed by atoms with Crippen LogP contribution in [0.1, 0.15) is 16.1 Å². The summed E-state index contributed by atoms with van der Waals surface area (Å²) in [6, 6.07) is 13.8. The Morgan fingerprint density at radius 2 is 1.69 bits per heavy atom. The van der Waals surface area contributed by atoms with Gasteiger partial charge in [-0.15, -0.1) is 0 Å². The molecule has 1 saturated heterocycles. The van der Waals surface area contributed by atoms with Crippen LogP contribution in [0.4, 0.5) is 10.1 Å². The van der Waals surface area contributed by atoms with E-state index in [-0.39, 0.29) is 36.0 Å². The van der Waals surface area contributed by atoms with E-state index in [0.717, 1.165) is 12.1 Å². The molecule has 168 valence electrons. The summed E-state index contributed by atoms with van der Waals surface area (Å²) in [6.07, 6.45) is 1.40. The van der Waals surface area contributed by atoms with Crippen LogP contribution in [0.25, 0.3) is 0 Å². The van der Waals surface area contributed by atoms with Crippen molar-refractivity contribution in [1.29, 1.82) is 0 Å². The van der Waals surface area contributed by atoms with E-state index < -0.39 is 35.8 Å². The van der Waals surface area contributed by atoms with Crippen molar-refractivity contribution >= 4 is 31.5 Å². The zero-order valence-electron chi connectivity index (χ0n) is 16.6. The number of amides is 1. The Labute approximate surface area is 184 Å². The molecule has 0 spiro atoms. The van der Waals surface area contributed by atoms with Gasteiger partial charge in [-0.25, -0.2) is 21.2 Å². The molecule has 1 aliphatic rings. The summed E-state index contributed by atoms with van der Waals surface area (Å²) in [5.74, 6) is -1.11. The smallest absolute Gasteiger partial charge is 0.264 e. The number of sulfone groups is 1. The second-order valence-electron chi connectivity index (χ2n) is 7.33. The third-order valence-corrected chi connectivity index (χ3v) is 8.49. The van der Waals surface area contributed by atoms with Crippen LogP contribution in [-0.4, -0.2) is 46.0 Å². The van der Waals surface area contributed by atoms with Crippen molar-refractivity contribution in [2.24, 2.45) is 0 Å². The van der Waals surface area contributed by atoms with Gasteiger partial charge in [0.25, 0.3) is 15.9 Å². The monoisotopic (exact) mass is 478 g/mol. The molecule has 8 nitrogen and oxygen atoms in total. The zero-order valence-corrected chi connectivity index (χ0v) is 18.3. The fourth-order valence-corrected chi connectivity index (χ4v) is 6.03. The van der Waals surface area contributed by atoms with E-state index >= 15 is 0 Å². The molecule has 2 heterocycles. The highest BCUT2D eigenvalue weighted by Crippen LogP contribution is 2.24. The molecule has 3 aromatic rings. The van der Waals surface area contributed by atoms with Crippen molar-refractivity contribution in [3.63, 3.8) is 0 Å². The first-order chi connectivity index (χ1) is 15.2. The molecule has 2 aromatic carbocycles. The predicted molar refractivity (Wildman–Crippen MR) is 115 cm³/mol. The van der Waals surface area contributed by atoms with E-state index in [4.69, 9.17) is 4.42 Å². The Morgan fingerprint density at radius 1 is 1.00 bits per heavy atom. The summed E-state index contributed by atoms with van der Waals surface area (Å²) in [4.78, 5) is 13.5. The summed E-state index contributed by atoms with van der Waals surface area (Å²) < 4.78 is 70.7. The number of halogens is 1. The van der Waals surface area contributed by atoms with Gasteiger partial charge in [0.05, 0.1) is 11.5 Å². The first kappa shape index (κ1) is 22.0. The Hall–Kier alpha value is -3.18. The molecule has 1 N–H and O–H groups in total. The minimum Gasteiger partial charge on any atom is -0.468 e. The van der Waals surface area contributed by atoms with Gasteiger partial charge < -0.3 is 9.32 Å². The Kier molecular flexibility index (Phi) is 5.78. The zero-order chi connectivity index (χ0) is 22.9. The van der Waals surface area contributed by atoms with Gasteiger partial charge in [-0.05, 0) is 48.5 Å². The number of benzene rings is 2. The van der Waals surface area contributed by atoms with Crippen LogP contribution in [0.5, 0.6) is 0 Å². The van der Waals surface area contributed by atoms with Crippen LogP contribution in [-0.2, 0) is 25.6 Å². The number of hydrogen-bond donors (Lipinski definition) is 1. The van der Waals surface area contributed by atoms with Gasteiger partial charge in [0.15, 0.2) is 9.84 Å². The molecule has 4 rings (SSSR count). The van der Waals surface area contributed by atoms with Gasteiger partial charge in [0, 0.05) is 24.3 Å². The lowest BCUT2D eigenvalue weighted by Gasteiger charge is -2.38. The molecule has 0 unspecified atom stereocenters. The number of likely N-dealkylation sites (tertiary alicyclic amines) is 1. The van der Waals surface area contributed by atoms with E-state index in [1.165, 1.54) is 47.6 Å². The maximum absolute atomic E-state index is 13.8. The number of carbonyl (C=O) groups is 1. The van der Waals surface area contributed by atoms with E-state index in [0.29, 0.717) is 5.76 Å². The molecule has 0 atom stereocenters. The maximum atomic E-state index is 13.8. The Balaban J connectivity index is 1.38. The molecular formula is C21H19FN2O6S2. The van der Waals surface area contributed by atoms with Crippen LogP contribution < -0.4 is 4.72 Å². The quantitative estimate of drug-likeness (QED) is 0.559. The number of sulfonamides is 1. The van der Waals surface area contributed by atoms with Gasteiger partial charge in [0.2, 0.25) is 0 Å². The Morgan fingerprint density at radius 3 is 2.31 bits per heavy atom. The molecule has 1 amide bonds. The highest BCUT2D eigenvalue weighted by molar-refractivity contribution is 7.92. The molecule has 0 radical (unpaired) electrons. The second kappa shape index (κ2) is 8.40. The van der Waals surface area contributed by atoms with Gasteiger partial charge in [-0.3, -0.25) is 9.52 Å². The van der Waals surface area contributed by atoms with Gasteiger partial charge in [0.1, 0.15) is 22.2 Å². The minimum atomic E-state index is -4.13. The van der Waals surface area contributed by atoms with Gasteiger partial charge >= 0.3 is 0 Å². The summed E-state index contributed by atoms with van der Waals surface area (Å²) in [7, 11) is -7.57. The highest BCUT2D eigenvalue weighted by atomic mass is 32.2. The maximum Gasteiger partial charge on any atom is 0.264 e. The normalized spacial score (nSPS) is 14.7. The van der Waals surface area contributed by atoms with Crippen LogP contribution >= 0.6 is 0 Å². The lowest BCUT2D eigenvalue weighted by atomic mass is 10.1. The highest BCUT2D eigenvalue weighted by Gasteiger charge is 2.40. The summed E-state index contributed by atoms with van der Waals surface area (Å²) >= 11 is 0. The number of nitrogens with zero attached hydrogens (tertiary/aromatic N) is 1. The second-order valence-corrected chi connectivity index (χ2v) is 11.3. The number of hydrogen-bond acceptors (Lipinski definition) is 6. The number of furan rings is 1. The number of nitrogens with one attached hydrogen (secondary N) is 1. The molecule has 0 aliphatic carbocycles. The minimum absolute atomic E-state index is 0.0730.